The molecule has 35 heavy (non-hydrogen) atoms. The van der Waals surface area contributed by atoms with Crippen molar-refractivity contribution in [3.63, 3.8) is 0 Å². The standard InChI is InChI=1S/C25H30N4O5S/c1-25(23(31)27-24(32)28-25)16-35-21-6-4-3-5-19(21)22(30)26-15-20(29-11-13-34-14-12-29)17-7-9-18(33-2)10-8-17/h3-10,20H,11-16H2,1-2H3,(H,26,30)(H2,27,28,31,32)/t20-,25+/m0/s1. The summed E-state index contributed by atoms with van der Waals surface area (Å²) in [6.45, 7) is 4.98. The Morgan fingerprint density at radius 3 is 2.54 bits per heavy atom. The molecule has 0 aromatic heterocycles. The van der Waals surface area contributed by atoms with E-state index in [0.29, 0.717) is 31.1 Å². The number of benzene rings is 2. The molecule has 10 heteroatoms. The van der Waals surface area contributed by atoms with Crippen LogP contribution in [0.25, 0.3) is 0 Å². The maximum Gasteiger partial charge on any atom is 0.322 e. The number of carbonyl (C=O) groups excluding carboxylic acids is 3. The van der Waals surface area contributed by atoms with Gasteiger partial charge in [-0.25, -0.2) is 4.79 Å². The van der Waals surface area contributed by atoms with Crippen LogP contribution in [0.3, 0.4) is 0 Å². The summed E-state index contributed by atoms with van der Waals surface area (Å²) in [7, 11) is 1.64. The lowest BCUT2D eigenvalue weighted by Crippen LogP contribution is -2.46. The second-order valence-electron chi connectivity index (χ2n) is 8.67. The highest BCUT2D eigenvalue weighted by Crippen LogP contribution is 2.28. The first kappa shape index (κ1) is 25.0. The van der Waals surface area contributed by atoms with Crippen LogP contribution in [0.5, 0.6) is 5.75 Å². The molecule has 0 aliphatic carbocycles. The second kappa shape index (κ2) is 11.1. The first-order valence-corrected chi connectivity index (χ1v) is 12.5. The molecule has 2 saturated heterocycles. The third kappa shape index (κ3) is 5.95. The van der Waals surface area contributed by atoms with Crippen LogP contribution in [0.15, 0.2) is 53.4 Å². The van der Waals surface area contributed by atoms with Crippen LogP contribution in [0.2, 0.25) is 0 Å². The number of hydrogen-bond donors (Lipinski definition) is 3. The van der Waals surface area contributed by atoms with E-state index in [1.165, 1.54) is 11.8 Å². The third-order valence-corrected chi connectivity index (χ3v) is 7.60. The fourth-order valence-electron chi connectivity index (χ4n) is 4.14. The van der Waals surface area contributed by atoms with Gasteiger partial charge in [0.05, 0.1) is 31.9 Å². The van der Waals surface area contributed by atoms with E-state index in [0.717, 1.165) is 29.3 Å². The number of morpholine rings is 1. The zero-order chi connectivity index (χ0) is 24.8. The van der Waals surface area contributed by atoms with E-state index in [4.69, 9.17) is 9.47 Å². The van der Waals surface area contributed by atoms with E-state index in [9.17, 15) is 14.4 Å². The Kier molecular flexibility index (Phi) is 7.94. The summed E-state index contributed by atoms with van der Waals surface area (Å²) < 4.78 is 10.8. The summed E-state index contributed by atoms with van der Waals surface area (Å²) >= 11 is 1.36. The predicted molar refractivity (Wildman–Crippen MR) is 133 cm³/mol. The second-order valence-corrected chi connectivity index (χ2v) is 9.69. The number of methoxy groups -OCH3 is 1. The Morgan fingerprint density at radius 1 is 1.17 bits per heavy atom. The first-order valence-electron chi connectivity index (χ1n) is 11.5. The average molecular weight is 499 g/mol. The summed E-state index contributed by atoms with van der Waals surface area (Å²) in [5, 5.41) is 8.02. The van der Waals surface area contributed by atoms with Crippen molar-refractivity contribution in [2.45, 2.75) is 23.4 Å². The van der Waals surface area contributed by atoms with E-state index in [-0.39, 0.29) is 17.9 Å². The van der Waals surface area contributed by atoms with Gasteiger partial charge >= 0.3 is 6.03 Å². The highest BCUT2D eigenvalue weighted by atomic mass is 32.2. The molecule has 0 spiro atoms. The van der Waals surface area contributed by atoms with Crippen LogP contribution >= 0.6 is 11.8 Å². The van der Waals surface area contributed by atoms with Gasteiger partial charge in [-0.05, 0) is 36.8 Å². The summed E-state index contributed by atoms with van der Waals surface area (Å²) in [4.78, 5) is 40.0. The van der Waals surface area contributed by atoms with Crippen LogP contribution in [0.4, 0.5) is 4.79 Å². The van der Waals surface area contributed by atoms with Crippen LogP contribution < -0.4 is 20.7 Å². The molecular weight excluding hydrogens is 468 g/mol. The number of rotatable bonds is 9. The Morgan fingerprint density at radius 2 is 1.89 bits per heavy atom. The van der Waals surface area contributed by atoms with Crippen molar-refractivity contribution in [2.24, 2.45) is 0 Å². The molecular formula is C25H30N4O5S. The Hall–Kier alpha value is -3.08. The van der Waals surface area contributed by atoms with Gasteiger partial charge in [0.15, 0.2) is 0 Å². The van der Waals surface area contributed by atoms with Gasteiger partial charge in [-0.3, -0.25) is 19.8 Å². The van der Waals surface area contributed by atoms with Gasteiger partial charge in [0, 0.05) is 30.3 Å². The summed E-state index contributed by atoms with van der Waals surface area (Å²) in [6, 6.07) is 14.7. The molecule has 2 fully saturated rings. The first-order chi connectivity index (χ1) is 16.9. The van der Waals surface area contributed by atoms with Crippen molar-refractivity contribution in [1.29, 1.82) is 0 Å². The molecule has 186 valence electrons. The van der Waals surface area contributed by atoms with Gasteiger partial charge in [0.1, 0.15) is 11.3 Å². The fraction of sp³-hybridized carbons (Fsp3) is 0.400. The molecule has 2 aliphatic heterocycles. The molecule has 0 bridgehead atoms. The fourth-order valence-corrected chi connectivity index (χ4v) is 5.28. The van der Waals surface area contributed by atoms with Crippen molar-refractivity contribution in [3.05, 3.63) is 59.7 Å². The van der Waals surface area contributed by atoms with Crippen LogP contribution in [-0.4, -0.2) is 74.0 Å². The topological polar surface area (TPSA) is 109 Å². The molecule has 2 atom stereocenters. The van der Waals surface area contributed by atoms with E-state index < -0.39 is 11.6 Å². The van der Waals surface area contributed by atoms with Crippen molar-refractivity contribution in [1.82, 2.24) is 20.9 Å². The van der Waals surface area contributed by atoms with Crippen molar-refractivity contribution in [3.8, 4) is 5.75 Å². The van der Waals surface area contributed by atoms with Crippen molar-refractivity contribution < 1.29 is 23.9 Å². The van der Waals surface area contributed by atoms with Gasteiger partial charge in [-0.1, -0.05) is 24.3 Å². The van der Waals surface area contributed by atoms with E-state index in [2.05, 4.69) is 20.9 Å². The predicted octanol–water partition coefficient (Wildman–Crippen LogP) is 2.19. The van der Waals surface area contributed by atoms with Gasteiger partial charge in [0.2, 0.25) is 0 Å². The molecule has 4 rings (SSSR count). The monoisotopic (exact) mass is 498 g/mol. The molecule has 0 radical (unpaired) electrons. The summed E-state index contributed by atoms with van der Waals surface area (Å²) in [6.07, 6.45) is 0. The van der Waals surface area contributed by atoms with Gasteiger partial charge in [0.25, 0.3) is 11.8 Å². The number of ether oxygens (including phenoxy) is 2. The Labute approximate surface area is 208 Å². The van der Waals surface area contributed by atoms with Gasteiger partial charge in [-0.2, -0.15) is 0 Å². The quantitative estimate of drug-likeness (QED) is 0.359. The van der Waals surface area contributed by atoms with Gasteiger partial charge in [-0.15, -0.1) is 11.8 Å². The minimum Gasteiger partial charge on any atom is -0.497 e. The zero-order valence-corrected chi connectivity index (χ0v) is 20.7. The molecule has 2 aromatic carbocycles. The SMILES string of the molecule is COc1ccc([C@H](CNC(=O)c2ccccc2SC[C@@]2(C)NC(=O)NC2=O)N2CCOCC2)cc1. The largest absolute Gasteiger partial charge is 0.497 e. The molecule has 3 N–H and O–H groups in total. The lowest BCUT2D eigenvalue weighted by molar-refractivity contribution is -0.122. The van der Waals surface area contributed by atoms with E-state index in [1.54, 1.807) is 20.1 Å². The normalized spacial score (nSPS) is 21.2. The number of nitrogens with one attached hydrogen (secondary N) is 3. The molecule has 9 nitrogen and oxygen atoms in total. The molecule has 4 amide bonds. The molecule has 0 unspecified atom stereocenters. The minimum atomic E-state index is -1.03. The number of nitrogens with zero attached hydrogens (tertiary/aromatic N) is 1. The van der Waals surface area contributed by atoms with E-state index in [1.807, 2.05) is 42.5 Å². The molecule has 2 aromatic rings. The molecule has 2 heterocycles. The summed E-state index contributed by atoms with van der Waals surface area (Å²) in [5.41, 5.74) is 0.592. The number of hydrogen-bond acceptors (Lipinski definition) is 7. The summed E-state index contributed by atoms with van der Waals surface area (Å²) in [5.74, 6) is 0.525. The van der Waals surface area contributed by atoms with Crippen molar-refractivity contribution in [2.75, 3.05) is 45.7 Å². The van der Waals surface area contributed by atoms with Crippen LogP contribution in [0, 0.1) is 0 Å². The third-order valence-electron chi connectivity index (χ3n) is 6.21. The molecule has 2 aliphatic rings. The maximum atomic E-state index is 13.2. The lowest BCUT2D eigenvalue weighted by Gasteiger charge is -2.35. The van der Waals surface area contributed by atoms with Crippen LogP contribution in [0.1, 0.15) is 28.9 Å². The number of imide groups is 1. The average Bonchev–Trinajstić information content (AvgIpc) is 3.15. The number of carbonyl (C=O) groups is 3. The highest BCUT2D eigenvalue weighted by molar-refractivity contribution is 7.99. The minimum absolute atomic E-state index is 0.00937. The Bertz CT molecular complexity index is 1070. The Balaban J connectivity index is 1.45. The van der Waals surface area contributed by atoms with Crippen LogP contribution in [-0.2, 0) is 9.53 Å². The molecule has 0 saturated carbocycles. The lowest BCUT2D eigenvalue weighted by atomic mass is 10.0. The maximum absolute atomic E-state index is 13.2. The number of urea groups is 1. The van der Waals surface area contributed by atoms with Gasteiger partial charge < -0.3 is 20.1 Å². The number of amides is 4. The smallest absolute Gasteiger partial charge is 0.322 e. The highest BCUT2D eigenvalue weighted by Gasteiger charge is 2.42. The number of thioether (sulfide) groups is 1. The zero-order valence-electron chi connectivity index (χ0n) is 19.8. The van der Waals surface area contributed by atoms with Crippen molar-refractivity contribution >= 4 is 29.6 Å². The van der Waals surface area contributed by atoms with E-state index >= 15 is 0 Å².